The minimum absolute atomic E-state index is 1.00. The first-order valence-corrected chi connectivity index (χ1v) is 7.68. The van der Waals surface area contributed by atoms with Crippen LogP contribution in [0.15, 0.2) is 0 Å². The lowest BCUT2D eigenvalue weighted by Gasteiger charge is -2.28. The Morgan fingerprint density at radius 3 is 1.19 bits per heavy atom. The van der Waals surface area contributed by atoms with Gasteiger partial charge in [-0.2, -0.15) is 0 Å². The number of amidine groups is 1. The lowest BCUT2D eigenvalue weighted by molar-refractivity contribution is -0.849. The zero-order chi connectivity index (χ0) is 17.2. The Kier molecular flexibility index (Phi) is 11.8. The Balaban J connectivity index is 0. The number of piperazine rings is 1. The van der Waals surface area contributed by atoms with Crippen molar-refractivity contribution in [2.24, 2.45) is 0 Å². The van der Waals surface area contributed by atoms with Gasteiger partial charge in [-0.15, -0.1) is 0 Å². The monoisotopic (exact) mass is 303 g/mol. The summed E-state index contributed by atoms with van der Waals surface area (Å²) in [6.07, 6.45) is 0. The van der Waals surface area contributed by atoms with Crippen LogP contribution in [-0.2, 0) is 0 Å². The summed E-state index contributed by atoms with van der Waals surface area (Å²) >= 11 is 0. The molecule has 0 N–H and O–H groups in total. The van der Waals surface area contributed by atoms with E-state index in [1.807, 2.05) is 28.2 Å². The van der Waals surface area contributed by atoms with Gasteiger partial charge in [0.05, 0.1) is 56.4 Å². The number of quaternary nitrogens is 1. The molecule has 1 saturated heterocycles. The highest BCUT2D eigenvalue weighted by atomic mass is 15.2. The summed E-state index contributed by atoms with van der Waals surface area (Å²) in [7, 11) is 21.0. The zero-order valence-corrected chi connectivity index (χ0v) is 16.6. The second kappa shape index (κ2) is 11.0. The molecular weight excluding hydrogens is 262 g/mol. The maximum atomic E-state index is 2.36. The highest BCUT2D eigenvalue weighted by Gasteiger charge is 2.07. The van der Waals surface area contributed by atoms with Crippen LogP contribution in [0.25, 0.3) is 0 Å². The Labute approximate surface area is 134 Å². The summed E-state index contributed by atoms with van der Waals surface area (Å²) in [5.41, 5.74) is 0. The Morgan fingerprint density at radius 1 is 0.857 bits per heavy atom. The van der Waals surface area contributed by atoms with Crippen LogP contribution in [0.5, 0.6) is 0 Å². The normalized spacial score (nSPS) is 16.1. The van der Waals surface area contributed by atoms with Crippen LogP contribution >= 0.6 is 0 Å². The molecule has 1 rings (SSSR count). The van der Waals surface area contributed by atoms with Gasteiger partial charge in [0.1, 0.15) is 0 Å². The predicted molar refractivity (Wildman–Crippen MR) is 95.4 cm³/mol. The van der Waals surface area contributed by atoms with E-state index in [4.69, 9.17) is 0 Å². The smallest absolute Gasteiger partial charge is 0.242 e. The van der Waals surface area contributed by atoms with E-state index < -0.39 is 0 Å². The highest BCUT2D eigenvalue weighted by Crippen LogP contribution is 1.93. The zero-order valence-electron chi connectivity index (χ0n) is 16.6. The van der Waals surface area contributed by atoms with Crippen molar-refractivity contribution in [3.8, 4) is 0 Å². The average Bonchev–Trinajstić information content (AvgIpc) is 2.30. The largest absolute Gasteiger partial charge is 0.333 e. The molecule has 5 heteroatoms. The SMILES string of the molecule is CC(N(C)C)=[N+](C)C.CN1CCN(C)CC1.C[N+](C)(C)C. The molecule has 0 spiro atoms. The first-order valence-electron chi connectivity index (χ1n) is 7.68. The molecule has 0 saturated carbocycles. The second-order valence-corrected chi connectivity index (χ2v) is 7.63. The van der Waals surface area contributed by atoms with E-state index in [0.717, 1.165) is 4.48 Å². The number of nitrogens with zero attached hydrogens (tertiary/aromatic N) is 5. The molecule has 0 unspecified atom stereocenters. The van der Waals surface area contributed by atoms with Gasteiger partial charge in [0.25, 0.3) is 0 Å². The predicted octanol–water partition coefficient (Wildman–Crippen LogP) is 0.425. The fourth-order valence-electron chi connectivity index (χ4n) is 1.31. The average molecular weight is 304 g/mol. The maximum Gasteiger partial charge on any atom is 0.242 e. The first kappa shape index (κ1) is 22.6. The van der Waals surface area contributed by atoms with Crippen molar-refractivity contribution in [2.45, 2.75) is 6.92 Å². The van der Waals surface area contributed by atoms with Gasteiger partial charge in [-0.05, 0) is 14.1 Å². The van der Waals surface area contributed by atoms with Crippen LogP contribution in [0.3, 0.4) is 0 Å². The number of hydrogen-bond donors (Lipinski definition) is 0. The number of rotatable bonds is 0. The van der Waals surface area contributed by atoms with E-state index in [1.54, 1.807) is 0 Å². The Hall–Kier alpha value is -0.650. The van der Waals surface area contributed by atoms with E-state index in [9.17, 15) is 0 Å². The van der Waals surface area contributed by atoms with Crippen LogP contribution < -0.4 is 0 Å². The summed E-state index contributed by atoms with van der Waals surface area (Å²) < 4.78 is 3.08. The number of hydrogen-bond acceptors (Lipinski definition) is 2. The topological polar surface area (TPSA) is 12.7 Å². The number of likely N-dealkylation sites (N-methyl/N-ethyl adjacent to an activating group) is 2. The van der Waals surface area contributed by atoms with Crippen molar-refractivity contribution in [1.29, 1.82) is 0 Å². The van der Waals surface area contributed by atoms with Gasteiger partial charge in [0.15, 0.2) is 0 Å². The molecule has 5 nitrogen and oxygen atoms in total. The van der Waals surface area contributed by atoms with Crippen molar-refractivity contribution in [3.05, 3.63) is 0 Å². The molecule has 0 bridgehead atoms. The third-order valence-corrected chi connectivity index (χ3v) is 3.02. The summed E-state index contributed by atoms with van der Waals surface area (Å²) in [6, 6.07) is 0. The van der Waals surface area contributed by atoms with E-state index >= 15 is 0 Å². The van der Waals surface area contributed by atoms with Gasteiger partial charge in [0.2, 0.25) is 5.84 Å². The minimum atomic E-state index is 1.00. The van der Waals surface area contributed by atoms with Gasteiger partial charge in [-0.3, -0.25) is 9.48 Å². The molecule has 1 heterocycles. The van der Waals surface area contributed by atoms with Crippen molar-refractivity contribution in [3.63, 3.8) is 0 Å². The highest BCUT2D eigenvalue weighted by molar-refractivity contribution is 5.73. The van der Waals surface area contributed by atoms with E-state index in [-0.39, 0.29) is 0 Å². The molecule has 21 heavy (non-hydrogen) atoms. The summed E-state index contributed by atoms with van der Waals surface area (Å²) in [6.45, 7) is 7.01. The molecule has 0 atom stereocenters. The summed E-state index contributed by atoms with van der Waals surface area (Å²) in [4.78, 5) is 6.81. The Bertz CT molecular complexity index is 264. The third kappa shape index (κ3) is 19.4. The van der Waals surface area contributed by atoms with Crippen LogP contribution in [0.2, 0.25) is 0 Å². The van der Waals surface area contributed by atoms with Crippen molar-refractivity contribution >= 4 is 5.84 Å². The summed E-state index contributed by atoms with van der Waals surface area (Å²) in [5.74, 6) is 1.27. The van der Waals surface area contributed by atoms with Gasteiger partial charge in [-0.25, -0.2) is 0 Å². The van der Waals surface area contributed by atoms with E-state index in [0.29, 0.717) is 0 Å². The van der Waals surface area contributed by atoms with Crippen LogP contribution in [-0.4, -0.2) is 126 Å². The second-order valence-electron chi connectivity index (χ2n) is 7.63. The fourth-order valence-corrected chi connectivity index (χ4v) is 1.31. The first-order chi connectivity index (χ1) is 9.34. The van der Waals surface area contributed by atoms with Gasteiger partial charge in [0, 0.05) is 33.1 Å². The van der Waals surface area contributed by atoms with Crippen molar-refractivity contribution in [2.75, 3.05) is 96.7 Å². The maximum absolute atomic E-state index is 2.36. The molecule has 1 aliphatic heterocycles. The molecule has 0 aromatic carbocycles. The molecule has 1 aliphatic rings. The molecule has 0 aliphatic carbocycles. The summed E-state index contributed by atoms with van der Waals surface area (Å²) in [5, 5.41) is 0. The van der Waals surface area contributed by atoms with Crippen LogP contribution in [0, 0.1) is 0 Å². The molecule has 0 amide bonds. The van der Waals surface area contributed by atoms with Crippen molar-refractivity contribution < 1.29 is 9.06 Å². The minimum Gasteiger partial charge on any atom is -0.333 e. The quantitative estimate of drug-likeness (QED) is 0.279. The molecule has 0 radical (unpaired) electrons. The van der Waals surface area contributed by atoms with Crippen molar-refractivity contribution in [1.82, 2.24) is 14.7 Å². The lowest BCUT2D eigenvalue weighted by Crippen LogP contribution is -2.42. The molecule has 0 aromatic heterocycles. The van der Waals surface area contributed by atoms with Gasteiger partial charge < -0.3 is 14.3 Å². The van der Waals surface area contributed by atoms with Gasteiger partial charge >= 0.3 is 0 Å². The molecular formula is C16H41N5+2. The fraction of sp³-hybridized carbons (Fsp3) is 0.938. The van der Waals surface area contributed by atoms with Crippen LogP contribution in [0.4, 0.5) is 0 Å². The lowest BCUT2D eigenvalue weighted by atomic mass is 10.4. The van der Waals surface area contributed by atoms with E-state index in [2.05, 4.69) is 68.5 Å². The van der Waals surface area contributed by atoms with Crippen LogP contribution in [0.1, 0.15) is 6.92 Å². The molecule has 0 aromatic rings. The van der Waals surface area contributed by atoms with E-state index in [1.165, 1.54) is 32.0 Å². The molecule has 128 valence electrons. The van der Waals surface area contributed by atoms with Gasteiger partial charge in [-0.1, -0.05) is 0 Å². The third-order valence-electron chi connectivity index (χ3n) is 3.02. The Morgan fingerprint density at radius 2 is 1.10 bits per heavy atom. The standard InChI is InChI=1S/C6H14N2.C6H15N2.C4H12N/c1-7-3-5-8(2)6-4-7;1-6(7(2)3)8(4)5;1-5(2,3)4/h3-6H2,1-2H3;1-5H3;1-4H3/q;2*+1. The molecule has 1 fully saturated rings.